The van der Waals surface area contributed by atoms with E-state index in [9.17, 15) is 4.79 Å². The minimum Gasteiger partial charge on any atom is -0.397 e. The van der Waals surface area contributed by atoms with Gasteiger partial charge in [-0.2, -0.15) is 0 Å². The van der Waals surface area contributed by atoms with Crippen LogP contribution in [0.15, 0.2) is 48.5 Å². The predicted octanol–water partition coefficient (Wildman–Crippen LogP) is 3.14. The SMILES string of the molecule is CC(C)(C(=O)N1CCc2cccc(N)c21)c1ccccc1. The molecule has 1 aliphatic heterocycles. The van der Waals surface area contributed by atoms with Crippen LogP contribution in [-0.2, 0) is 16.6 Å². The van der Waals surface area contributed by atoms with Gasteiger partial charge in [-0.05, 0) is 37.5 Å². The number of nitrogens with two attached hydrogens (primary N) is 1. The van der Waals surface area contributed by atoms with E-state index in [0.29, 0.717) is 12.2 Å². The van der Waals surface area contributed by atoms with Gasteiger partial charge in [-0.15, -0.1) is 0 Å². The number of nitrogen functional groups attached to an aromatic ring is 1. The molecule has 0 saturated heterocycles. The molecule has 2 N–H and O–H groups in total. The Labute approximate surface area is 125 Å². The molecule has 0 atom stereocenters. The summed E-state index contributed by atoms with van der Waals surface area (Å²) in [5, 5.41) is 0. The van der Waals surface area contributed by atoms with Crippen molar-refractivity contribution in [3.63, 3.8) is 0 Å². The summed E-state index contributed by atoms with van der Waals surface area (Å²) in [7, 11) is 0. The average molecular weight is 280 g/mol. The van der Waals surface area contributed by atoms with Crippen molar-refractivity contribution in [2.24, 2.45) is 0 Å². The summed E-state index contributed by atoms with van der Waals surface area (Å²) < 4.78 is 0. The first-order valence-electron chi connectivity index (χ1n) is 7.26. The Kier molecular flexibility index (Phi) is 3.20. The number of carbonyl (C=O) groups is 1. The fourth-order valence-corrected chi connectivity index (χ4v) is 3.00. The van der Waals surface area contributed by atoms with Gasteiger partial charge in [0.05, 0.1) is 16.8 Å². The molecule has 0 radical (unpaired) electrons. The summed E-state index contributed by atoms with van der Waals surface area (Å²) in [5.74, 6) is 0.102. The molecule has 3 nitrogen and oxygen atoms in total. The first kappa shape index (κ1) is 13.7. The van der Waals surface area contributed by atoms with Crippen LogP contribution in [0.3, 0.4) is 0 Å². The van der Waals surface area contributed by atoms with Crippen LogP contribution < -0.4 is 10.6 Å². The molecule has 3 rings (SSSR count). The normalized spacial score (nSPS) is 14.1. The lowest BCUT2D eigenvalue weighted by molar-refractivity contribution is -0.122. The third kappa shape index (κ3) is 2.19. The van der Waals surface area contributed by atoms with Crippen molar-refractivity contribution in [3.8, 4) is 0 Å². The second-order valence-electron chi connectivity index (χ2n) is 6.05. The first-order chi connectivity index (χ1) is 10.0. The molecule has 2 aromatic carbocycles. The molecular formula is C18H20N2O. The van der Waals surface area contributed by atoms with Gasteiger partial charge in [0, 0.05) is 6.54 Å². The molecular weight excluding hydrogens is 260 g/mol. The highest BCUT2D eigenvalue weighted by Crippen LogP contribution is 2.37. The number of rotatable bonds is 2. The van der Waals surface area contributed by atoms with Crippen molar-refractivity contribution < 1.29 is 4.79 Å². The maximum absolute atomic E-state index is 13.1. The van der Waals surface area contributed by atoms with E-state index in [1.54, 1.807) is 0 Å². The molecule has 1 heterocycles. The molecule has 0 aliphatic carbocycles. The lowest BCUT2D eigenvalue weighted by atomic mass is 9.83. The van der Waals surface area contributed by atoms with Crippen molar-refractivity contribution in [2.45, 2.75) is 25.7 Å². The molecule has 0 saturated carbocycles. The zero-order chi connectivity index (χ0) is 15.0. The van der Waals surface area contributed by atoms with Crippen LogP contribution in [0.4, 0.5) is 11.4 Å². The number of para-hydroxylation sites is 1. The number of carbonyl (C=O) groups excluding carboxylic acids is 1. The second kappa shape index (κ2) is 4.92. The van der Waals surface area contributed by atoms with Crippen LogP contribution in [0.5, 0.6) is 0 Å². The number of benzene rings is 2. The second-order valence-corrected chi connectivity index (χ2v) is 6.05. The maximum Gasteiger partial charge on any atom is 0.237 e. The standard InChI is InChI=1S/C18H20N2O/c1-18(2,14-8-4-3-5-9-14)17(21)20-12-11-13-7-6-10-15(19)16(13)20/h3-10H,11-12,19H2,1-2H3. The van der Waals surface area contributed by atoms with E-state index >= 15 is 0 Å². The van der Waals surface area contributed by atoms with Gasteiger partial charge in [-0.25, -0.2) is 0 Å². The van der Waals surface area contributed by atoms with Crippen LogP contribution in [0.2, 0.25) is 0 Å². The molecule has 21 heavy (non-hydrogen) atoms. The fourth-order valence-electron chi connectivity index (χ4n) is 3.00. The smallest absolute Gasteiger partial charge is 0.237 e. The highest BCUT2D eigenvalue weighted by Gasteiger charge is 2.37. The largest absolute Gasteiger partial charge is 0.397 e. The molecule has 108 valence electrons. The summed E-state index contributed by atoms with van der Waals surface area (Å²) in [6.45, 7) is 4.65. The number of hydrogen-bond donors (Lipinski definition) is 1. The summed E-state index contributed by atoms with van der Waals surface area (Å²) in [6.07, 6.45) is 0.872. The Bertz CT molecular complexity index is 677. The number of anilines is 2. The van der Waals surface area contributed by atoms with Gasteiger partial charge in [0.1, 0.15) is 0 Å². The zero-order valence-electron chi connectivity index (χ0n) is 12.5. The van der Waals surface area contributed by atoms with Crippen molar-refractivity contribution in [1.29, 1.82) is 0 Å². The number of nitrogens with zero attached hydrogens (tertiary/aromatic N) is 1. The van der Waals surface area contributed by atoms with E-state index in [0.717, 1.165) is 23.2 Å². The van der Waals surface area contributed by atoms with E-state index in [-0.39, 0.29) is 5.91 Å². The summed E-state index contributed by atoms with van der Waals surface area (Å²) in [4.78, 5) is 14.9. The van der Waals surface area contributed by atoms with Crippen LogP contribution >= 0.6 is 0 Å². The molecule has 1 amide bonds. The molecule has 1 aliphatic rings. The Morgan fingerprint density at radius 1 is 1.10 bits per heavy atom. The summed E-state index contributed by atoms with van der Waals surface area (Å²) >= 11 is 0. The van der Waals surface area contributed by atoms with Gasteiger partial charge >= 0.3 is 0 Å². The third-order valence-corrected chi connectivity index (χ3v) is 4.30. The van der Waals surface area contributed by atoms with Gasteiger partial charge in [0.25, 0.3) is 0 Å². The van der Waals surface area contributed by atoms with Crippen LogP contribution in [0.25, 0.3) is 0 Å². The summed E-state index contributed by atoms with van der Waals surface area (Å²) in [6, 6.07) is 15.8. The molecule has 0 bridgehead atoms. The highest BCUT2D eigenvalue weighted by molar-refractivity contribution is 6.04. The topological polar surface area (TPSA) is 46.3 Å². The van der Waals surface area contributed by atoms with Gasteiger partial charge in [-0.1, -0.05) is 42.5 Å². The maximum atomic E-state index is 13.1. The molecule has 3 heteroatoms. The lowest BCUT2D eigenvalue weighted by Crippen LogP contribution is -2.43. The predicted molar refractivity (Wildman–Crippen MR) is 86.4 cm³/mol. The number of amides is 1. The van der Waals surface area contributed by atoms with Crippen LogP contribution in [0.1, 0.15) is 25.0 Å². The zero-order valence-corrected chi connectivity index (χ0v) is 12.5. The van der Waals surface area contributed by atoms with Crippen molar-refractivity contribution in [1.82, 2.24) is 0 Å². The first-order valence-corrected chi connectivity index (χ1v) is 7.26. The molecule has 0 aromatic heterocycles. The van der Waals surface area contributed by atoms with Gasteiger partial charge < -0.3 is 10.6 Å². The molecule has 0 unspecified atom stereocenters. The number of fused-ring (bicyclic) bond motifs is 1. The van der Waals surface area contributed by atoms with Crippen molar-refractivity contribution in [2.75, 3.05) is 17.2 Å². The average Bonchev–Trinajstić information content (AvgIpc) is 2.92. The quantitative estimate of drug-likeness (QED) is 0.859. The van der Waals surface area contributed by atoms with Crippen molar-refractivity contribution >= 4 is 17.3 Å². The Hall–Kier alpha value is -2.29. The van der Waals surface area contributed by atoms with Gasteiger partial charge in [0.2, 0.25) is 5.91 Å². The Balaban J connectivity index is 1.98. The Morgan fingerprint density at radius 2 is 1.81 bits per heavy atom. The minimum atomic E-state index is -0.564. The molecule has 0 spiro atoms. The van der Waals surface area contributed by atoms with Crippen molar-refractivity contribution in [3.05, 3.63) is 59.7 Å². The van der Waals surface area contributed by atoms with E-state index in [1.807, 2.05) is 61.2 Å². The van der Waals surface area contributed by atoms with Gasteiger partial charge in [0.15, 0.2) is 0 Å². The lowest BCUT2D eigenvalue weighted by Gasteiger charge is -2.30. The van der Waals surface area contributed by atoms with E-state index in [1.165, 1.54) is 0 Å². The third-order valence-electron chi connectivity index (χ3n) is 4.30. The summed E-state index contributed by atoms with van der Waals surface area (Å²) in [5.41, 5.74) is 9.29. The molecule has 2 aromatic rings. The van der Waals surface area contributed by atoms with Crippen LogP contribution in [-0.4, -0.2) is 12.5 Å². The highest BCUT2D eigenvalue weighted by atomic mass is 16.2. The van der Waals surface area contributed by atoms with E-state index in [4.69, 9.17) is 5.73 Å². The minimum absolute atomic E-state index is 0.102. The van der Waals surface area contributed by atoms with Crippen LogP contribution in [0, 0.1) is 0 Å². The Morgan fingerprint density at radius 3 is 2.52 bits per heavy atom. The van der Waals surface area contributed by atoms with Gasteiger partial charge in [-0.3, -0.25) is 4.79 Å². The van der Waals surface area contributed by atoms with E-state index < -0.39 is 5.41 Å². The fraction of sp³-hybridized carbons (Fsp3) is 0.278. The monoisotopic (exact) mass is 280 g/mol. The molecule has 0 fully saturated rings. The number of hydrogen-bond acceptors (Lipinski definition) is 2. The van der Waals surface area contributed by atoms with E-state index in [2.05, 4.69) is 6.07 Å².